The molecule has 2 aromatic heterocycles. The van der Waals surface area contributed by atoms with Gasteiger partial charge in [-0.15, -0.1) is 0 Å². The van der Waals surface area contributed by atoms with Gasteiger partial charge in [0.1, 0.15) is 5.69 Å². The number of fused-ring (bicyclic) bond motifs is 3. The number of carbonyl (C=O) groups is 1. The summed E-state index contributed by atoms with van der Waals surface area (Å²) in [6.45, 7) is 2.16. The van der Waals surface area contributed by atoms with Crippen molar-refractivity contribution in [2.45, 2.75) is 6.92 Å². The van der Waals surface area contributed by atoms with Crippen LogP contribution in [0.4, 0.5) is 0 Å². The van der Waals surface area contributed by atoms with Gasteiger partial charge >= 0.3 is 5.97 Å². The predicted octanol–water partition coefficient (Wildman–Crippen LogP) is 2.89. The summed E-state index contributed by atoms with van der Waals surface area (Å²) >= 11 is 0. The SMILES string of the molecule is CCOC(=O)c1cc2c(ccc3cccnc32)[nH]1. The summed E-state index contributed by atoms with van der Waals surface area (Å²) < 4.78 is 4.98. The van der Waals surface area contributed by atoms with Crippen molar-refractivity contribution in [1.82, 2.24) is 9.97 Å². The molecule has 0 fully saturated rings. The molecule has 0 unspecified atom stereocenters. The molecule has 0 saturated heterocycles. The highest BCUT2D eigenvalue weighted by atomic mass is 16.5. The van der Waals surface area contributed by atoms with Crippen LogP contribution in [0.1, 0.15) is 17.4 Å². The third-order valence-corrected chi connectivity index (χ3v) is 2.87. The van der Waals surface area contributed by atoms with E-state index < -0.39 is 0 Å². The van der Waals surface area contributed by atoms with E-state index in [9.17, 15) is 4.79 Å². The Morgan fingerprint density at radius 3 is 3.11 bits per heavy atom. The van der Waals surface area contributed by atoms with Gasteiger partial charge in [-0.25, -0.2) is 4.79 Å². The maximum Gasteiger partial charge on any atom is 0.354 e. The molecule has 1 aromatic carbocycles. The Morgan fingerprint density at radius 1 is 1.39 bits per heavy atom. The Hall–Kier alpha value is -2.36. The molecule has 0 aliphatic heterocycles. The van der Waals surface area contributed by atoms with Crippen molar-refractivity contribution in [1.29, 1.82) is 0 Å². The summed E-state index contributed by atoms with van der Waals surface area (Å²) in [6, 6.07) is 9.62. The van der Waals surface area contributed by atoms with Crippen molar-refractivity contribution in [3.05, 3.63) is 42.2 Å². The van der Waals surface area contributed by atoms with E-state index in [1.54, 1.807) is 19.2 Å². The molecule has 0 aliphatic rings. The maximum atomic E-state index is 11.7. The third kappa shape index (κ3) is 1.62. The monoisotopic (exact) mass is 240 g/mol. The van der Waals surface area contributed by atoms with Gasteiger partial charge in [0.05, 0.1) is 12.1 Å². The van der Waals surface area contributed by atoms with Crippen LogP contribution in [0, 0.1) is 0 Å². The molecule has 0 bridgehead atoms. The van der Waals surface area contributed by atoms with E-state index in [-0.39, 0.29) is 5.97 Å². The molecular weight excluding hydrogens is 228 g/mol. The zero-order valence-corrected chi connectivity index (χ0v) is 9.93. The van der Waals surface area contributed by atoms with Crippen LogP contribution in [0.2, 0.25) is 0 Å². The minimum Gasteiger partial charge on any atom is -0.461 e. The van der Waals surface area contributed by atoms with Gasteiger partial charge in [0.25, 0.3) is 0 Å². The lowest BCUT2D eigenvalue weighted by Gasteiger charge is -1.96. The van der Waals surface area contributed by atoms with E-state index in [4.69, 9.17) is 4.74 Å². The highest BCUT2D eigenvalue weighted by Crippen LogP contribution is 2.24. The van der Waals surface area contributed by atoms with Crippen LogP contribution in [0.25, 0.3) is 21.8 Å². The van der Waals surface area contributed by atoms with E-state index >= 15 is 0 Å². The summed E-state index contributed by atoms with van der Waals surface area (Å²) in [4.78, 5) is 19.1. The van der Waals surface area contributed by atoms with Crippen molar-refractivity contribution >= 4 is 27.8 Å². The van der Waals surface area contributed by atoms with Crippen molar-refractivity contribution in [2.24, 2.45) is 0 Å². The summed E-state index contributed by atoms with van der Waals surface area (Å²) in [5, 5.41) is 2.00. The zero-order chi connectivity index (χ0) is 12.5. The summed E-state index contributed by atoms with van der Waals surface area (Å²) in [5.41, 5.74) is 2.25. The number of H-pyrrole nitrogens is 1. The lowest BCUT2D eigenvalue weighted by molar-refractivity contribution is 0.0520. The van der Waals surface area contributed by atoms with Crippen LogP contribution in [-0.4, -0.2) is 22.5 Å². The normalized spacial score (nSPS) is 10.9. The van der Waals surface area contributed by atoms with Gasteiger partial charge in [-0.2, -0.15) is 0 Å². The fourth-order valence-electron chi connectivity index (χ4n) is 2.07. The number of ether oxygens (including phenoxy) is 1. The van der Waals surface area contributed by atoms with E-state index in [0.29, 0.717) is 12.3 Å². The maximum absolute atomic E-state index is 11.7. The summed E-state index contributed by atoms with van der Waals surface area (Å²) in [7, 11) is 0. The number of esters is 1. The molecule has 0 spiro atoms. The summed E-state index contributed by atoms with van der Waals surface area (Å²) in [5.74, 6) is -0.335. The molecule has 18 heavy (non-hydrogen) atoms. The zero-order valence-electron chi connectivity index (χ0n) is 9.93. The highest BCUT2D eigenvalue weighted by molar-refractivity contribution is 6.07. The first-order valence-electron chi connectivity index (χ1n) is 5.83. The smallest absolute Gasteiger partial charge is 0.354 e. The number of hydrogen-bond acceptors (Lipinski definition) is 3. The molecule has 0 aliphatic carbocycles. The number of carbonyl (C=O) groups excluding carboxylic acids is 1. The molecule has 0 radical (unpaired) electrons. The number of rotatable bonds is 2. The number of nitrogens with one attached hydrogen (secondary N) is 1. The van der Waals surface area contributed by atoms with Crippen LogP contribution in [0.3, 0.4) is 0 Å². The number of pyridine rings is 1. The van der Waals surface area contributed by atoms with E-state index in [0.717, 1.165) is 21.8 Å². The molecule has 2 heterocycles. The van der Waals surface area contributed by atoms with Crippen molar-refractivity contribution in [2.75, 3.05) is 6.61 Å². The number of hydrogen-bond donors (Lipinski definition) is 1. The van der Waals surface area contributed by atoms with E-state index in [1.807, 2.05) is 24.3 Å². The topological polar surface area (TPSA) is 55.0 Å². The standard InChI is InChI=1S/C14H12N2O2/c1-2-18-14(17)12-8-10-11(16-12)6-5-9-4-3-7-15-13(9)10/h3-8,16H,2H2,1H3. The van der Waals surface area contributed by atoms with Gasteiger partial charge in [-0.05, 0) is 25.1 Å². The van der Waals surface area contributed by atoms with Crippen molar-refractivity contribution in [3.8, 4) is 0 Å². The Kier molecular flexibility index (Phi) is 2.48. The molecule has 4 nitrogen and oxygen atoms in total. The van der Waals surface area contributed by atoms with Crippen LogP contribution < -0.4 is 0 Å². The van der Waals surface area contributed by atoms with Gasteiger partial charge in [0.2, 0.25) is 0 Å². The van der Waals surface area contributed by atoms with Crippen LogP contribution in [0.5, 0.6) is 0 Å². The quantitative estimate of drug-likeness (QED) is 0.701. The first-order chi connectivity index (χ1) is 8.79. The lowest BCUT2D eigenvalue weighted by Crippen LogP contribution is -2.04. The second-order valence-electron chi connectivity index (χ2n) is 4.01. The molecule has 4 heteroatoms. The van der Waals surface area contributed by atoms with Gasteiger partial charge in [0, 0.05) is 22.5 Å². The largest absolute Gasteiger partial charge is 0.461 e. The molecular formula is C14H12N2O2. The Balaban J connectivity index is 2.22. The fraction of sp³-hybridized carbons (Fsp3) is 0.143. The average Bonchev–Trinajstić information content (AvgIpc) is 2.83. The van der Waals surface area contributed by atoms with Gasteiger partial charge < -0.3 is 9.72 Å². The third-order valence-electron chi connectivity index (χ3n) is 2.87. The minimum absolute atomic E-state index is 0.335. The first-order valence-corrected chi connectivity index (χ1v) is 5.83. The molecule has 0 saturated carbocycles. The molecule has 1 N–H and O–H groups in total. The van der Waals surface area contributed by atoms with Crippen LogP contribution >= 0.6 is 0 Å². The van der Waals surface area contributed by atoms with E-state index in [1.165, 1.54) is 0 Å². The molecule has 3 rings (SSSR count). The minimum atomic E-state index is -0.335. The molecule has 0 atom stereocenters. The second kappa shape index (κ2) is 4.14. The highest BCUT2D eigenvalue weighted by Gasteiger charge is 2.12. The fourth-order valence-corrected chi connectivity index (χ4v) is 2.07. The van der Waals surface area contributed by atoms with Gasteiger partial charge in [0.15, 0.2) is 0 Å². The van der Waals surface area contributed by atoms with E-state index in [2.05, 4.69) is 9.97 Å². The Bertz CT molecular complexity index is 731. The van der Waals surface area contributed by atoms with Gasteiger partial charge in [-0.1, -0.05) is 12.1 Å². The first kappa shape index (κ1) is 10.8. The number of nitrogens with zero attached hydrogens (tertiary/aromatic N) is 1. The number of benzene rings is 1. The Labute approximate surface area is 104 Å². The molecule has 90 valence electrons. The molecule has 0 amide bonds. The lowest BCUT2D eigenvalue weighted by atomic mass is 10.1. The second-order valence-corrected chi connectivity index (χ2v) is 4.01. The molecule has 3 aromatic rings. The van der Waals surface area contributed by atoms with Crippen LogP contribution in [-0.2, 0) is 4.74 Å². The average molecular weight is 240 g/mol. The summed E-state index contributed by atoms with van der Waals surface area (Å²) in [6.07, 6.45) is 1.75. The van der Waals surface area contributed by atoms with Crippen molar-refractivity contribution < 1.29 is 9.53 Å². The van der Waals surface area contributed by atoms with Gasteiger partial charge in [-0.3, -0.25) is 4.98 Å². The van der Waals surface area contributed by atoms with Crippen molar-refractivity contribution in [3.63, 3.8) is 0 Å². The number of aromatic nitrogens is 2. The number of aromatic amines is 1. The predicted molar refractivity (Wildman–Crippen MR) is 69.6 cm³/mol. The van der Waals surface area contributed by atoms with Crippen LogP contribution in [0.15, 0.2) is 36.5 Å². The Morgan fingerprint density at radius 2 is 2.28 bits per heavy atom.